The molecule has 0 N–H and O–H groups in total. The topological polar surface area (TPSA) is 32.8 Å². The number of carbonyl (C=O) groups excluding carboxylic acids is 1. The minimum absolute atomic E-state index is 0.0658. The highest BCUT2D eigenvalue weighted by molar-refractivity contribution is 6.03. The lowest BCUT2D eigenvalue weighted by molar-refractivity contribution is -0.123. The number of carbonyl (C=O) groups is 1. The normalized spacial score (nSPS) is 17.3. The smallest absolute Gasteiger partial charge is 0.229 e. The number of morpholine rings is 1. The summed E-state index contributed by atoms with van der Waals surface area (Å²) < 4.78 is 5.95. The van der Waals surface area contributed by atoms with Crippen LogP contribution in [0.15, 0.2) is 72.8 Å². The number of fused-ring (bicyclic) bond motifs is 1. The molecule has 1 amide bonds. The highest BCUT2D eigenvalue weighted by atomic mass is 16.5. The lowest BCUT2D eigenvalue weighted by atomic mass is 10.1. The first-order valence-electron chi connectivity index (χ1n) is 10.4. The molecule has 1 unspecified atom stereocenters. The average Bonchev–Trinajstić information content (AvgIpc) is 2.75. The van der Waals surface area contributed by atoms with Crippen LogP contribution in [0.5, 0.6) is 0 Å². The molecule has 4 heteroatoms. The van der Waals surface area contributed by atoms with Crippen LogP contribution < -0.4 is 4.90 Å². The maximum Gasteiger partial charge on any atom is 0.229 e. The molecule has 0 bridgehead atoms. The fraction of sp³-hybridized carbons (Fsp3) is 0.320. The van der Waals surface area contributed by atoms with Gasteiger partial charge in [-0.15, -0.1) is 0 Å². The van der Waals surface area contributed by atoms with Gasteiger partial charge in [-0.2, -0.15) is 0 Å². The van der Waals surface area contributed by atoms with E-state index in [0.717, 1.165) is 36.1 Å². The highest BCUT2D eigenvalue weighted by Crippen LogP contribution is 2.27. The van der Waals surface area contributed by atoms with E-state index in [0.29, 0.717) is 19.6 Å². The molecular formula is C25H28N2O2. The van der Waals surface area contributed by atoms with Crippen molar-refractivity contribution in [2.45, 2.75) is 26.0 Å². The Morgan fingerprint density at radius 2 is 1.79 bits per heavy atom. The van der Waals surface area contributed by atoms with Crippen molar-refractivity contribution >= 4 is 22.4 Å². The van der Waals surface area contributed by atoms with Gasteiger partial charge in [0.1, 0.15) is 0 Å². The monoisotopic (exact) mass is 388 g/mol. The molecule has 4 rings (SSSR count). The molecule has 0 spiro atoms. The van der Waals surface area contributed by atoms with Crippen molar-refractivity contribution < 1.29 is 9.53 Å². The number of benzene rings is 3. The van der Waals surface area contributed by atoms with E-state index in [2.05, 4.69) is 47.4 Å². The van der Waals surface area contributed by atoms with Gasteiger partial charge < -0.3 is 9.64 Å². The predicted octanol–water partition coefficient (Wildman–Crippen LogP) is 4.48. The number of rotatable bonds is 6. The lowest BCUT2D eigenvalue weighted by Gasteiger charge is -2.34. The van der Waals surface area contributed by atoms with Gasteiger partial charge in [0.25, 0.3) is 0 Å². The Bertz CT molecular complexity index is 952. The Kier molecular flexibility index (Phi) is 6.23. The van der Waals surface area contributed by atoms with E-state index in [1.807, 2.05) is 42.2 Å². The fourth-order valence-electron chi connectivity index (χ4n) is 4.12. The van der Waals surface area contributed by atoms with Crippen molar-refractivity contribution in [1.82, 2.24) is 4.90 Å². The number of anilines is 1. The molecule has 4 nitrogen and oxygen atoms in total. The molecule has 1 saturated heterocycles. The zero-order valence-electron chi connectivity index (χ0n) is 17.0. The van der Waals surface area contributed by atoms with Crippen molar-refractivity contribution in [2.75, 3.05) is 31.1 Å². The van der Waals surface area contributed by atoms with Crippen LogP contribution in [0.3, 0.4) is 0 Å². The van der Waals surface area contributed by atoms with Gasteiger partial charge in [-0.05, 0) is 23.9 Å². The molecule has 3 aromatic carbocycles. The summed E-state index contributed by atoms with van der Waals surface area (Å²) in [6.45, 7) is 5.94. The van der Waals surface area contributed by atoms with E-state index in [9.17, 15) is 4.79 Å². The van der Waals surface area contributed by atoms with E-state index in [4.69, 9.17) is 4.74 Å². The van der Waals surface area contributed by atoms with Crippen LogP contribution in [-0.4, -0.2) is 43.2 Å². The van der Waals surface area contributed by atoms with Crippen LogP contribution in [-0.2, 0) is 16.1 Å². The Morgan fingerprint density at radius 1 is 1.03 bits per heavy atom. The second-order valence-corrected chi connectivity index (χ2v) is 7.55. The summed E-state index contributed by atoms with van der Waals surface area (Å²) >= 11 is 0. The summed E-state index contributed by atoms with van der Waals surface area (Å²) in [5.74, 6) is 0.121. The largest absolute Gasteiger partial charge is 0.375 e. The van der Waals surface area contributed by atoms with Crippen LogP contribution in [0.25, 0.3) is 10.8 Å². The number of hydrogen-bond acceptors (Lipinski definition) is 3. The van der Waals surface area contributed by atoms with E-state index in [-0.39, 0.29) is 12.0 Å². The van der Waals surface area contributed by atoms with Crippen LogP contribution in [0.2, 0.25) is 0 Å². The molecule has 0 aromatic heterocycles. The summed E-state index contributed by atoms with van der Waals surface area (Å²) in [4.78, 5) is 17.4. The first-order chi connectivity index (χ1) is 14.2. The van der Waals surface area contributed by atoms with Gasteiger partial charge in [0, 0.05) is 31.6 Å². The van der Waals surface area contributed by atoms with Crippen LogP contribution in [0.1, 0.15) is 18.9 Å². The zero-order valence-corrected chi connectivity index (χ0v) is 17.0. The minimum atomic E-state index is -0.0658. The second kappa shape index (κ2) is 9.21. The van der Waals surface area contributed by atoms with Gasteiger partial charge in [-0.1, -0.05) is 66.7 Å². The molecule has 0 radical (unpaired) electrons. The van der Waals surface area contributed by atoms with Crippen molar-refractivity contribution in [3.8, 4) is 0 Å². The molecule has 3 aromatic rings. The molecular weight excluding hydrogens is 360 g/mol. The first kappa shape index (κ1) is 19.6. The third kappa shape index (κ3) is 4.66. The summed E-state index contributed by atoms with van der Waals surface area (Å²) in [6, 6.07) is 24.8. The Balaban J connectivity index is 1.44. The molecule has 1 aliphatic rings. The van der Waals surface area contributed by atoms with E-state index < -0.39 is 0 Å². The van der Waals surface area contributed by atoms with Crippen LogP contribution in [0.4, 0.5) is 5.69 Å². The number of amides is 1. The third-order valence-corrected chi connectivity index (χ3v) is 5.55. The summed E-state index contributed by atoms with van der Waals surface area (Å²) in [7, 11) is 0. The van der Waals surface area contributed by atoms with Crippen molar-refractivity contribution in [2.24, 2.45) is 0 Å². The van der Waals surface area contributed by atoms with E-state index in [1.165, 1.54) is 5.56 Å². The zero-order chi connectivity index (χ0) is 20.1. The first-order valence-corrected chi connectivity index (χ1v) is 10.4. The Hall–Kier alpha value is -2.69. The molecule has 1 atom stereocenters. The third-order valence-electron chi connectivity index (χ3n) is 5.55. The van der Waals surface area contributed by atoms with Gasteiger partial charge in [0.05, 0.1) is 24.8 Å². The maximum atomic E-state index is 13.2. The van der Waals surface area contributed by atoms with E-state index >= 15 is 0 Å². The van der Waals surface area contributed by atoms with Gasteiger partial charge in [0.15, 0.2) is 0 Å². The molecule has 1 fully saturated rings. The molecule has 1 heterocycles. The maximum absolute atomic E-state index is 13.2. The van der Waals surface area contributed by atoms with Crippen molar-refractivity contribution in [1.29, 1.82) is 0 Å². The SMILES string of the molecule is CCN(C(=O)CC1CN(Cc2ccccc2)CCO1)c1cccc2ccccc12. The van der Waals surface area contributed by atoms with E-state index in [1.54, 1.807) is 0 Å². The Labute approximate surface area is 172 Å². The van der Waals surface area contributed by atoms with Crippen LogP contribution >= 0.6 is 0 Å². The standard InChI is InChI=1S/C25H28N2O2/c1-2-27(24-14-8-12-21-11-6-7-13-23(21)24)25(28)17-22-19-26(15-16-29-22)18-20-9-4-3-5-10-20/h3-14,22H,2,15-19H2,1H3. The lowest BCUT2D eigenvalue weighted by Crippen LogP contribution is -2.44. The quantitative estimate of drug-likeness (QED) is 0.624. The van der Waals surface area contributed by atoms with Gasteiger partial charge in [-0.3, -0.25) is 9.69 Å². The van der Waals surface area contributed by atoms with Gasteiger partial charge in [0.2, 0.25) is 5.91 Å². The number of hydrogen-bond donors (Lipinski definition) is 0. The predicted molar refractivity (Wildman–Crippen MR) is 118 cm³/mol. The average molecular weight is 389 g/mol. The van der Waals surface area contributed by atoms with Gasteiger partial charge >= 0.3 is 0 Å². The number of nitrogens with zero attached hydrogens (tertiary/aromatic N) is 2. The molecule has 1 aliphatic heterocycles. The number of ether oxygens (including phenoxy) is 1. The summed E-state index contributed by atoms with van der Waals surface area (Å²) in [6.07, 6.45) is 0.339. The summed E-state index contributed by atoms with van der Waals surface area (Å²) in [5.41, 5.74) is 2.28. The molecule has 150 valence electrons. The minimum Gasteiger partial charge on any atom is -0.375 e. The molecule has 29 heavy (non-hydrogen) atoms. The highest BCUT2D eigenvalue weighted by Gasteiger charge is 2.26. The molecule has 0 saturated carbocycles. The Morgan fingerprint density at radius 3 is 2.62 bits per heavy atom. The van der Waals surface area contributed by atoms with Crippen molar-refractivity contribution in [3.05, 3.63) is 78.4 Å². The van der Waals surface area contributed by atoms with Gasteiger partial charge in [-0.25, -0.2) is 0 Å². The molecule has 0 aliphatic carbocycles. The second-order valence-electron chi connectivity index (χ2n) is 7.55. The fourth-order valence-corrected chi connectivity index (χ4v) is 4.12. The van der Waals surface area contributed by atoms with Crippen LogP contribution in [0, 0.1) is 0 Å². The van der Waals surface area contributed by atoms with Crippen molar-refractivity contribution in [3.63, 3.8) is 0 Å². The summed E-state index contributed by atoms with van der Waals surface area (Å²) in [5, 5.41) is 2.26.